The number of rotatable bonds is 2. The summed E-state index contributed by atoms with van der Waals surface area (Å²) in [6.07, 6.45) is 0. The molecule has 1 aromatic carbocycles. The first-order chi connectivity index (χ1) is 8.06. The minimum Gasteiger partial charge on any atom is -0.399 e. The van der Waals surface area contributed by atoms with Crippen LogP contribution in [-0.2, 0) is 0 Å². The summed E-state index contributed by atoms with van der Waals surface area (Å²) in [7, 11) is 3.69. The van der Waals surface area contributed by atoms with E-state index in [2.05, 4.69) is 15.0 Å². The van der Waals surface area contributed by atoms with Gasteiger partial charge in [-0.1, -0.05) is 12.1 Å². The lowest BCUT2D eigenvalue weighted by Crippen LogP contribution is -2.15. The van der Waals surface area contributed by atoms with E-state index in [0.717, 1.165) is 5.56 Å². The molecule has 0 amide bonds. The van der Waals surface area contributed by atoms with Crippen molar-refractivity contribution in [2.75, 3.05) is 30.5 Å². The van der Waals surface area contributed by atoms with E-state index in [1.165, 1.54) is 0 Å². The van der Waals surface area contributed by atoms with Gasteiger partial charge in [0, 0.05) is 25.3 Å². The highest BCUT2D eigenvalue weighted by Gasteiger charge is 2.08. The van der Waals surface area contributed by atoms with Crippen molar-refractivity contribution >= 4 is 17.6 Å². The zero-order chi connectivity index (χ0) is 12.4. The van der Waals surface area contributed by atoms with Crippen LogP contribution in [0.5, 0.6) is 0 Å². The molecule has 17 heavy (non-hydrogen) atoms. The Bertz CT molecular complexity index is 537. The van der Waals surface area contributed by atoms with E-state index in [1.807, 2.05) is 26.2 Å². The third kappa shape index (κ3) is 2.41. The fourth-order valence-corrected chi connectivity index (χ4v) is 1.39. The molecular formula is C11H14N6. The highest BCUT2D eigenvalue weighted by Crippen LogP contribution is 2.19. The summed E-state index contributed by atoms with van der Waals surface area (Å²) in [6, 6.07) is 7.33. The minimum absolute atomic E-state index is 0.195. The number of hydrogen-bond donors (Lipinski definition) is 2. The van der Waals surface area contributed by atoms with Gasteiger partial charge in [-0.2, -0.15) is 15.0 Å². The van der Waals surface area contributed by atoms with Crippen molar-refractivity contribution in [2.24, 2.45) is 0 Å². The van der Waals surface area contributed by atoms with Gasteiger partial charge in [0.15, 0.2) is 5.82 Å². The molecule has 0 bridgehead atoms. The van der Waals surface area contributed by atoms with Crippen molar-refractivity contribution in [2.45, 2.75) is 0 Å². The van der Waals surface area contributed by atoms with Crippen LogP contribution >= 0.6 is 0 Å². The fraction of sp³-hybridized carbons (Fsp3) is 0.182. The maximum absolute atomic E-state index is 5.72. The Balaban J connectivity index is 2.52. The van der Waals surface area contributed by atoms with Gasteiger partial charge in [0.2, 0.25) is 11.9 Å². The normalized spacial score (nSPS) is 10.2. The zero-order valence-corrected chi connectivity index (χ0v) is 9.75. The molecule has 0 saturated heterocycles. The van der Waals surface area contributed by atoms with E-state index < -0.39 is 0 Å². The van der Waals surface area contributed by atoms with Crippen LogP contribution in [0.3, 0.4) is 0 Å². The molecule has 1 heterocycles. The molecule has 0 atom stereocenters. The maximum Gasteiger partial charge on any atom is 0.230 e. The summed E-state index contributed by atoms with van der Waals surface area (Å²) in [4.78, 5) is 14.2. The summed E-state index contributed by atoms with van der Waals surface area (Å²) in [5, 5.41) is 0. The van der Waals surface area contributed by atoms with Gasteiger partial charge in [-0.25, -0.2) is 0 Å². The summed E-state index contributed by atoms with van der Waals surface area (Å²) in [5.41, 5.74) is 12.9. The molecular weight excluding hydrogens is 216 g/mol. The van der Waals surface area contributed by atoms with E-state index in [4.69, 9.17) is 11.5 Å². The van der Waals surface area contributed by atoms with Crippen molar-refractivity contribution in [3.05, 3.63) is 24.3 Å². The predicted molar refractivity (Wildman–Crippen MR) is 68.4 cm³/mol. The van der Waals surface area contributed by atoms with Gasteiger partial charge in [-0.05, 0) is 12.1 Å². The Morgan fingerprint density at radius 3 is 2.47 bits per heavy atom. The maximum atomic E-state index is 5.72. The van der Waals surface area contributed by atoms with Crippen molar-refractivity contribution in [1.82, 2.24) is 15.0 Å². The van der Waals surface area contributed by atoms with E-state index in [1.54, 1.807) is 17.0 Å². The molecule has 6 heteroatoms. The van der Waals surface area contributed by atoms with Crippen molar-refractivity contribution in [3.63, 3.8) is 0 Å². The third-order valence-electron chi connectivity index (χ3n) is 2.19. The minimum atomic E-state index is 0.195. The van der Waals surface area contributed by atoms with Crippen molar-refractivity contribution in [3.8, 4) is 11.4 Å². The number of aromatic nitrogens is 3. The topological polar surface area (TPSA) is 94.0 Å². The lowest BCUT2D eigenvalue weighted by atomic mass is 10.2. The second kappa shape index (κ2) is 4.25. The molecule has 0 aliphatic rings. The van der Waals surface area contributed by atoms with Gasteiger partial charge in [-0.3, -0.25) is 0 Å². The summed E-state index contributed by atoms with van der Waals surface area (Å²) < 4.78 is 0. The first-order valence-electron chi connectivity index (χ1n) is 5.11. The van der Waals surface area contributed by atoms with Gasteiger partial charge in [0.05, 0.1) is 0 Å². The number of nitrogens with zero attached hydrogens (tertiary/aromatic N) is 4. The predicted octanol–water partition coefficient (Wildman–Crippen LogP) is 0.769. The molecule has 0 saturated carbocycles. The molecule has 0 aliphatic heterocycles. The number of nitrogen functional groups attached to an aromatic ring is 2. The Morgan fingerprint density at radius 1 is 1.06 bits per heavy atom. The second-order valence-electron chi connectivity index (χ2n) is 3.84. The first-order valence-corrected chi connectivity index (χ1v) is 5.11. The van der Waals surface area contributed by atoms with E-state index in [9.17, 15) is 0 Å². The van der Waals surface area contributed by atoms with Gasteiger partial charge < -0.3 is 16.4 Å². The summed E-state index contributed by atoms with van der Waals surface area (Å²) >= 11 is 0. The lowest BCUT2D eigenvalue weighted by Gasteiger charge is -2.11. The van der Waals surface area contributed by atoms with Gasteiger partial charge in [0.1, 0.15) is 0 Å². The summed E-state index contributed by atoms with van der Waals surface area (Å²) in [6.45, 7) is 0. The van der Waals surface area contributed by atoms with Crippen molar-refractivity contribution < 1.29 is 0 Å². The summed E-state index contributed by atoms with van der Waals surface area (Å²) in [5.74, 6) is 1.24. The SMILES string of the molecule is CN(C)c1nc(N)nc(-c2cccc(N)c2)n1. The van der Waals surface area contributed by atoms with Gasteiger partial charge in [0.25, 0.3) is 0 Å². The van der Waals surface area contributed by atoms with Crippen LogP contribution in [0, 0.1) is 0 Å². The lowest BCUT2D eigenvalue weighted by molar-refractivity contribution is 0.970. The number of hydrogen-bond acceptors (Lipinski definition) is 6. The van der Waals surface area contributed by atoms with Crippen molar-refractivity contribution in [1.29, 1.82) is 0 Å². The Kier molecular flexibility index (Phi) is 2.78. The zero-order valence-electron chi connectivity index (χ0n) is 9.75. The molecule has 2 rings (SSSR count). The Morgan fingerprint density at radius 2 is 1.82 bits per heavy atom. The smallest absolute Gasteiger partial charge is 0.230 e. The highest BCUT2D eigenvalue weighted by atomic mass is 15.3. The molecule has 6 nitrogen and oxygen atoms in total. The van der Waals surface area contributed by atoms with Crippen LogP contribution in [0.15, 0.2) is 24.3 Å². The second-order valence-corrected chi connectivity index (χ2v) is 3.84. The largest absolute Gasteiger partial charge is 0.399 e. The Labute approximate surface area is 99.3 Å². The molecule has 0 spiro atoms. The molecule has 0 fully saturated rings. The molecule has 0 aliphatic carbocycles. The van der Waals surface area contributed by atoms with Crippen LogP contribution in [-0.4, -0.2) is 29.0 Å². The number of nitrogens with two attached hydrogens (primary N) is 2. The highest BCUT2D eigenvalue weighted by molar-refractivity contribution is 5.62. The van der Waals surface area contributed by atoms with Crippen LogP contribution in [0.4, 0.5) is 17.6 Å². The van der Waals surface area contributed by atoms with E-state index in [0.29, 0.717) is 17.5 Å². The monoisotopic (exact) mass is 230 g/mol. The number of benzene rings is 1. The molecule has 88 valence electrons. The Hall–Kier alpha value is -2.37. The fourth-order valence-electron chi connectivity index (χ4n) is 1.39. The molecule has 4 N–H and O–H groups in total. The standard InChI is InChI=1S/C11H14N6/c1-17(2)11-15-9(14-10(13)16-11)7-4-3-5-8(12)6-7/h3-6H,12H2,1-2H3,(H2,13,14,15,16). The third-order valence-corrected chi connectivity index (χ3v) is 2.19. The van der Waals surface area contributed by atoms with Gasteiger partial charge >= 0.3 is 0 Å². The first kappa shape index (κ1) is 11.1. The quantitative estimate of drug-likeness (QED) is 0.740. The average molecular weight is 230 g/mol. The van der Waals surface area contributed by atoms with Crippen LogP contribution in [0.1, 0.15) is 0 Å². The number of anilines is 3. The van der Waals surface area contributed by atoms with Crippen LogP contribution < -0.4 is 16.4 Å². The molecule has 0 unspecified atom stereocenters. The average Bonchev–Trinajstić information content (AvgIpc) is 2.28. The van der Waals surface area contributed by atoms with E-state index >= 15 is 0 Å². The van der Waals surface area contributed by atoms with Crippen LogP contribution in [0.2, 0.25) is 0 Å². The molecule has 1 aromatic heterocycles. The van der Waals surface area contributed by atoms with Crippen LogP contribution in [0.25, 0.3) is 11.4 Å². The van der Waals surface area contributed by atoms with Gasteiger partial charge in [-0.15, -0.1) is 0 Å². The molecule has 2 aromatic rings. The molecule has 0 radical (unpaired) electrons. The van der Waals surface area contributed by atoms with E-state index in [-0.39, 0.29) is 5.95 Å².